The molecule has 0 spiro atoms. The molecule has 0 heterocycles. The topological polar surface area (TPSA) is 3.24 Å². The Morgan fingerprint density at radius 2 is 1.79 bits per heavy atom. The molecule has 14 heavy (non-hydrogen) atoms. The van der Waals surface area contributed by atoms with Crippen molar-refractivity contribution in [2.75, 3.05) is 19.3 Å². The van der Waals surface area contributed by atoms with Crippen molar-refractivity contribution in [1.82, 2.24) is 4.90 Å². The molecular formula is C12H27NS. The highest BCUT2D eigenvalue weighted by molar-refractivity contribution is 7.80. The predicted molar refractivity (Wildman–Crippen MR) is 69.3 cm³/mol. The van der Waals surface area contributed by atoms with Crippen molar-refractivity contribution < 1.29 is 0 Å². The highest BCUT2D eigenvalue weighted by Gasteiger charge is 2.09. The standard InChI is InChI=1S/C12H27NS/c1-5-6-12(3)13(4)9-7-11(2)8-10-14/h11-12,14H,5-10H2,1-4H3. The molecule has 0 aliphatic rings. The van der Waals surface area contributed by atoms with Crippen LogP contribution >= 0.6 is 12.6 Å². The second kappa shape index (κ2) is 8.60. The van der Waals surface area contributed by atoms with Gasteiger partial charge in [0.2, 0.25) is 0 Å². The molecule has 0 N–H and O–H groups in total. The lowest BCUT2D eigenvalue weighted by molar-refractivity contribution is 0.228. The van der Waals surface area contributed by atoms with Crippen LogP contribution in [-0.2, 0) is 0 Å². The van der Waals surface area contributed by atoms with Gasteiger partial charge < -0.3 is 4.90 Å². The van der Waals surface area contributed by atoms with Crippen LogP contribution in [0.3, 0.4) is 0 Å². The van der Waals surface area contributed by atoms with Gasteiger partial charge in [-0.15, -0.1) is 0 Å². The molecule has 0 rings (SSSR count). The van der Waals surface area contributed by atoms with Crippen LogP contribution in [0.2, 0.25) is 0 Å². The summed E-state index contributed by atoms with van der Waals surface area (Å²) in [6, 6.07) is 0.739. The molecule has 0 amide bonds. The van der Waals surface area contributed by atoms with Crippen molar-refractivity contribution in [2.45, 2.75) is 52.5 Å². The first-order valence-corrected chi connectivity index (χ1v) is 6.56. The predicted octanol–water partition coefficient (Wildman–Crippen LogP) is 3.45. The fraction of sp³-hybridized carbons (Fsp3) is 1.00. The maximum absolute atomic E-state index is 4.27. The van der Waals surface area contributed by atoms with Crippen molar-refractivity contribution >= 4 is 12.6 Å². The summed E-state index contributed by atoms with van der Waals surface area (Å²) < 4.78 is 0. The van der Waals surface area contributed by atoms with Gasteiger partial charge in [-0.1, -0.05) is 20.3 Å². The Bertz CT molecular complexity index is 127. The smallest absolute Gasteiger partial charge is 0.00637 e. The molecule has 0 fully saturated rings. The van der Waals surface area contributed by atoms with Crippen molar-refractivity contribution in [3.8, 4) is 0 Å². The number of hydrogen-bond donors (Lipinski definition) is 1. The van der Waals surface area contributed by atoms with E-state index < -0.39 is 0 Å². The molecule has 2 atom stereocenters. The summed E-state index contributed by atoms with van der Waals surface area (Å²) in [7, 11) is 2.24. The molecule has 0 aromatic carbocycles. The summed E-state index contributed by atoms with van der Waals surface area (Å²) in [5, 5.41) is 0. The summed E-state index contributed by atoms with van der Waals surface area (Å²) in [4.78, 5) is 2.48. The van der Waals surface area contributed by atoms with Gasteiger partial charge in [0, 0.05) is 6.04 Å². The van der Waals surface area contributed by atoms with Crippen LogP contribution in [0, 0.1) is 5.92 Å². The largest absolute Gasteiger partial charge is 0.304 e. The van der Waals surface area contributed by atoms with Gasteiger partial charge in [0.1, 0.15) is 0 Å². The molecule has 1 nitrogen and oxygen atoms in total. The lowest BCUT2D eigenvalue weighted by atomic mass is 10.0. The molecule has 86 valence electrons. The van der Waals surface area contributed by atoms with E-state index in [9.17, 15) is 0 Å². The first-order chi connectivity index (χ1) is 6.61. The molecule has 0 radical (unpaired) electrons. The first kappa shape index (κ1) is 14.3. The number of rotatable bonds is 8. The lowest BCUT2D eigenvalue weighted by Gasteiger charge is -2.25. The molecular weight excluding hydrogens is 190 g/mol. The van der Waals surface area contributed by atoms with E-state index in [1.54, 1.807) is 0 Å². The summed E-state index contributed by atoms with van der Waals surface area (Å²) in [6.07, 6.45) is 5.17. The third-order valence-corrected chi connectivity index (χ3v) is 3.31. The monoisotopic (exact) mass is 217 g/mol. The summed E-state index contributed by atoms with van der Waals surface area (Å²) in [5.74, 6) is 1.85. The average molecular weight is 217 g/mol. The van der Waals surface area contributed by atoms with Gasteiger partial charge in [0.25, 0.3) is 0 Å². The van der Waals surface area contributed by atoms with Gasteiger partial charge in [-0.05, 0) is 51.4 Å². The Labute approximate surface area is 95.7 Å². The first-order valence-electron chi connectivity index (χ1n) is 5.92. The molecule has 0 aromatic rings. The van der Waals surface area contributed by atoms with E-state index in [0.717, 1.165) is 17.7 Å². The molecule has 0 aromatic heterocycles. The molecule has 0 saturated heterocycles. The fourth-order valence-electron chi connectivity index (χ4n) is 1.65. The SMILES string of the molecule is CCCC(C)N(C)CCC(C)CCS. The van der Waals surface area contributed by atoms with E-state index in [-0.39, 0.29) is 0 Å². The van der Waals surface area contributed by atoms with E-state index in [1.165, 1.54) is 32.2 Å². The molecule has 0 aliphatic heterocycles. The van der Waals surface area contributed by atoms with Crippen molar-refractivity contribution in [1.29, 1.82) is 0 Å². The Kier molecular flexibility index (Phi) is 8.80. The highest BCUT2D eigenvalue weighted by Crippen LogP contribution is 2.11. The van der Waals surface area contributed by atoms with Gasteiger partial charge in [-0.2, -0.15) is 12.6 Å². The van der Waals surface area contributed by atoms with E-state index >= 15 is 0 Å². The van der Waals surface area contributed by atoms with Gasteiger partial charge >= 0.3 is 0 Å². The molecule has 0 bridgehead atoms. The van der Waals surface area contributed by atoms with Crippen LogP contribution in [-0.4, -0.2) is 30.3 Å². The minimum Gasteiger partial charge on any atom is -0.304 e. The maximum atomic E-state index is 4.27. The van der Waals surface area contributed by atoms with Crippen LogP contribution in [0.5, 0.6) is 0 Å². The Morgan fingerprint density at radius 3 is 2.29 bits per heavy atom. The number of hydrogen-bond acceptors (Lipinski definition) is 2. The number of thiol groups is 1. The molecule has 0 aliphatic carbocycles. The zero-order valence-corrected chi connectivity index (χ0v) is 11.2. The fourth-order valence-corrected chi connectivity index (χ4v) is 2.09. The minimum atomic E-state index is 0.739. The van der Waals surface area contributed by atoms with E-state index in [4.69, 9.17) is 0 Å². The van der Waals surface area contributed by atoms with Crippen LogP contribution in [0.4, 0.5) is 0 Å². The zero-order chi connectivity index (χ0) is 11.0. The van der Waals surface area contributed by atoms with Gasteiger partial charge in [-0.3, -0.25) is 0 Å². The van der Waals surface area contributed by atoms with Crippen molar-refractivity contribution in [3.05, 3.63) is 0 Å². The minimum absolute atomic E-state index is 0.739. The lowest BCUT2D eigenvalue weighted by Crippen LogP contribution is -2.30. The molecule has 2 heteroatoms. The van der Waals surface area contributed by atoms with Gasteiger partial charge in [0.15, 0.2) is 0 Å². The van der Waals surface area contributed by atoms with Crippen LogP contribution in [0.25, 0.3) is 0 Å². The van der Waals surface area contributed by atoms with Gasteiger partial charge in [-0.25, -0.2) is 0 Å². The summed E-state index contributed by atoms with van der Waals surface area (Å²) in [5.41, 5.74) is 0. The normalized spacial score (nSPS) is 15.9. The van der Waals surface area contributed by atoms with E-state index in [1.807, 2.05) is 0 Å². The maximum Gasteiger partial charge on any atom is 0.00637 e. The van der Waals surface area contributed by atoms with Crippen LogP contribution < -0.4 is 0 Å². The third kappa shape index (κ3) is 6.72. The van der Waals surface area contributed by atoms with Gasteiger partial charge in [0.05, 0.1) is 0 Å². The second-order valence-electron chi connectivity index (χ2n) is 4.52. The average Bonchev–Trinajstić information content (AvgIpc) is 2.15. The summed E-state index contributed by atoms with van der Waals surface area (Å²) >= 11 is 4.27. The molecule has 2 unspecified atom stereocenters. The van der Waals surface area contributed by atoms with E-state index in [2.05, 4.69) is 45.3 Å². The number of nitrogens with zero attached hydrogens (tertiary/aromatic N) is 1. The Balaban J connectivity index is 3.56. The summed E-state index contributed by atoms with van der Waals surface area (Å²) in [6.45, 7) is 8.14. The molecule has 0 saturated carbocycles. The van der Waals surface area contributed by atoms with Crippen LogP contribution in [0.1, 0.15) is 46.5 Å². The Hall–Kier alpha value is 0.310. The second-order valence-corrected chi connectivity index (χ2v) is 4.97. The van der Waals surface area contributed by atoms with Crippen molar-refractivity contribution in [2.24, 2.45) is 5.92 Å². The quantitative estimate of drug-likeness (QED) is 0.610. The zero-order valence-electron chi connectivity index (χ0n) is 10.3. The third-order valence-electron chi connectivity index (χ3n) is 3.06. The Morgan fingerprint density at radius 1 is 1.14 bits per heavy atom. The van der Waals surface area contributed by atoms with Crippen molar-refractivity contribution in [3.63, 3.8) is 0 Å². The van der Waals surface area contributed by atoms with E-state index in [0.29, 0.717) is 0 Å². The highest BCUT2D eigenvalue weighted by atomic mass is 32.1. The van der Waals surface area contributed by atoms with Crippen LogP contribution in [0.15, 0.2) is 0 Å².